The van der Waals surface area contributed by atoms with Gasteiger partial charge in [-0.1, -0.05) is 13.5 Å². The molecule has 2 nitrogen and oxygen atoms in total. The first kappa shape index (κ1) is 12.7. The number of benzene rings is 1. The monoisotopic (exact) mass is 222 g/mol. The van der Waals surface area contributed by atoms with Crippen LogP contribution < -0.4 is 11.1 Å². The molecule has 1 atom stereocenters. The minimum Gasteiger partial charge on any atom is -0.359 e. The first-order chi connectivity index (χ1) is 7.63. The Morgan fingerprint density at radius 2 is 2.06 bits per heavy atom. The van der Waals surface area contributed by atoms with Crippen LogP contribution in [-0.4, -0.2) is 6.54 Å². The Balaban J connectivity index is 2.47. The standard InChI is InChI=1S/C13H19FN2/c1-10(4-3-9-15)11(2)16-13-7-5-12(14)6-8-13/h5-8,10,16H,2-4,9,15H2,1H3. The van der Waals surface area contributed by atoms with E-state index < -0.39 is 0 Å². The number of halogens is 1. The predicted molar refractivity (Wildman–Crippen MR) is 66.6 cm³/mol. The smallest absolute Gasteiger partial charge is 0.123 e. The molecule has 3 N–H and O–H groups in total. The first-order valence-corrected chi connectivity index (χ1v) is 5.55. The maximum atomic E-state index is 12.7. The van der Waals surface area contributed by atoms with Crippen molar-refractivity contribution >= 4 is 5.69 Å². The van der Waals surface area contributed by atoms with Crippen LogP contribution in [0.5, 0.6) is 0 Å². The number of rotatable bonds is 6. The van der Waals surface area contributed by atoms with Crippen molar-refractivity contribution in [3.8, 4) is 0 Å². The van der Waals surface area contributed by atoms with E-state index in [0.717, 1.165) is 24.2 Å². The Kier molecular flexibility index (Phi) is 4.99. The van der Waals surface area contributed by atoms with Crippen LogP contribution in [0.25, 0.3) is 0 Å². The highest BCUT2D eigenvalue weighted by Gasteiger charge is 2.06. The molecule has 0 radical (unpaired) electrons. The first-order valence-electron chi connectivity index (χ1n) is 5.55. The van der Waals surface area contributed by atoms with Crippen LogP contribution in [0, 0.1) is 11.7 Å². The summed E-state index contributed by atoms with van der Waals surface area (Å²) in [6.45, 7) is 6.79. The third kappa shape index (κ3) is 4.03. The third-order valence-electron chi connectivity index (χ3n) is 2.59. The maximum Gasteiger partial charge on any atom is 0.123 e. The minimum atomic E-state index is -0.229. The molecule has 0 amide bonds. The van der Waals surface area contributed by atoms with E-state index in [1.54, 1.807) is 12.1 Å². The van der Waals surface area contributed by atoms with Gasteiger partial charge in [0.2, 0.25) is 0 Å². The average Bonchev–Trinajstić information content (AvgIpc) is 2.29. The quantitative estimate of drug-likeness (QED) is 0.776. The van der Waals surface area contributed by atoms with Gasteiger partial charge in [-0.3, -0.25) is 0 Å². The van der Waals surface area contributed by atoms with Crippen molar-refractivity contribution in [1.82, 2.24) is 0 Å². The number of hydrogen-bond donors (Lipinski definition) is 2. The highest BCUT2D eigenvalue weighted by atomic mass is 19.1. The van der Waals surface area contributed by atoms with E-state index in [4.69, 9.17) is 5.73 Å². The second-order valence-corrected chi connectivity index (χ2v) is 3.99. The van der Waals surface area contributed by atoms with E-state index in [-0.39, 0.29) is 5.82 Å². The lowest BCUT2D eigenvalue weighted by Crippen LogP contribution is -2.10. The predicted octanol–water partition coefficient (Wildman–Crippen LogP) is 3.13. The SMILES string of the molecule is C=C(Nc1ccc(F)cc1)C(C)CCCN. The summed E-state index contributed by atoms with van der Waals surface area (Å²) in [6, 6.07) is 6.27. The molecule has 1 unspecified atom stereocenters. The molecule has 0 saturated carbocycles. The van der Waals surface area contributed by atoms with Crippen LogP contribution in [0.2, 0.25) is 0 Å². The van der Waals surface area contributed by atoms with Crippen LogP contribution in [0.15, 0.2) is 36.5 Å². The second kappa shape index (κ2) is 6.28. The summed E-state index contributed by atoms with van der Waals surface area (Å²) in [5, 5.41) is 3.18. The molecule has 0 aromatic heterocycles. The third-order valence-corrected chi connectivity index (χ3v) is 2.59. The van der Waals surface area contributed by atoms with E-state index in [9.17, 15) is 4.39 Å². The fourth-order valence-electron chi connectivity index (χ4n) is 1.44. The van der Waals surface area contributed by atoms with Crippen molar-refractivity contribution in [2.45, 2.75) is 19.8 Å². The fourth-order valence-corrected chi connectivity index (χ4v) is 1.44. The van der Waals surface area contributed by atoms with Gasteiger partial charge in [-0.05, 0) is 49.6 Å². The van der Waals surface area contributed by atoms with Gasteiger partial charge in [-0.25, -0.2) is 4.39 Å². The zero-order chi connectivity index (χ0) is 12.0. The lowest BCUT2D eigenvalue weighted by molar-refractivity contribution is 0.589. The summed E-state index contributed by atoms with van der Waals surface area (Å²) in [6.07, 6.45) is 2.01. The molecule has 88 valence electrons. The van der Waals surface area contributed by atoms with E-state index in [0.29, 0.717) is 12.5 Å². The Hall–Kier alpha value is -1.35. The number of nitrogens with two attached hydrogens (primary N) is 1. The summed E-state index contributed by atoms with van der Waals surface area (Å²) in [5.74, 6) is 0.140. The van der Waals surface area contributed by atoms with Gasteiger partial charge in [-0.2, -0.15) is 0 Å². The van der Waals surface area contributed by atoms with Crippen molar-refractivity contribution in [2.75, 3.05) is 11.9 Å². The highest BCUT2D eigenvalue weighted by molar-refractivity contribution is 5.47. The largest absolute Gasteiger partial charge is 0.359 e. The lowest BCUT2D eigenvalue weighted by atomic mass is 10.0. The van der Waals surface area contributed by atoms with Crippen LogP contribution in [-0.2, 0) is 0 Å². The summed E-state index contributed by atoms with van der Waals surface area (Å²) >= 11 is 0. The topological polar surface area (TPSA) is 38.0 Å². The van der Waals surface area contributed by atoms with Crippen molar-refractivity contribution in [2.24, 2.45) is 11.7 Å². The Labute approximate surface area is 96.4 Å². The summed E-state index contributed by atoms with van der Waals surface area (Å²) in [4.78, 5) is 0. The van der Waals surface area contributed by atoms with E-state index in [2.05, 4.69) is 18.8 Å². The van der Waals surface area contributed by atoms with Crippen molar-refractivity contribution in [3.63, 3.8) is 0 Å². The van der Waals surface area contributed by atoms with Gasteiger partial charge in [0.05, 0.1) is 0 Å². The molecule has 0 aliphatic rings. The molecule has 0 aliphatic heterocycles. The number of allylic oxidation sites excluding steroid dienone is 1. The van der Waals surface area contributed by atoms with Crippen LogP contribution in [0.3, 0.4) is 0 Å². The molecule has 0 spiro atoms. The summed E-state index contributed by atoms with van der Waals surface area (Å²) in [5.41, 5.74) is 7.27. The molecule has 1 aromatic rings. The Morgan fingerprint density at radius 1 is 1.44 bits per heavy atom. The van der Waals surface area contributed by atoms with Crippen molar-refractivity contribution in [1.29, 1.82) is 0 Å². The minimum absolute atomic E-state index is 0.229. The van der Waals surface area contributed by atoms with Gasteiger partial charge in [-0.15, -0.1) is 0 Å². The molecule has 1 aromatic carbocycles. The Morgan fingerprint density at radius 3 is 2.62 bits per heavy atom. The molecule has 0 fully saturated rings. The fraction of sp³-hybridized carbons (Fsp3) is 0.385. The second-order valence-electron chi connectivity index (χ2n) is 3.99. The van der Waals surface area contributed by atoms with Gasteiger partial charge in [0.1, 0.15) is 5.82 Å². The molecular weight excluding hydrogens is 203 g/mol. The van der Waals surface area contributed by atoms with Crippen LogP contribution in [0.4, 0.5) is 10.1 Å². The number of nitrogens with one attached hydrogen (secondary N) is 1. The van der Waals surface area contributed by atoms with E-state index in [1.807, 2.05) is 0 Å². The van der Waals surface area contributed by atoms with Crippen molar-refractivity contribution in [3.05, 3.63) is 42.4 Å². The molecule has 0 bridgehead atoms. The molecule has 16 heavy (non-hydrogen) atoms. The molecule has 3 heteroatoms. The van der Waals surface area contributed by atoms with E-state index in [1.165, 1.54) is 12.1 Å². The van der Waals surface area contributed by atoms with Gasteiger partial charge >= 0.3 is 0 Å². The highest BCUT2D eigenvalue weighted by Crippen LogP contribution is 2.18. The van der Waals surface area contributed by atoms with Crippen molar-refractivity contribution < 1.29 is 4.39 Å². The Bertz CT molecular complexity index is 332. The van der Waals surface area contributed by atoms with Gasteiger partial charge < -0.3 is 11.1 Å². The van der Waals surface area contributed by atoms with Gasteiger partial charge in [0, 0.05) is 11.4 Å². The zero-order valence-corrected chi connectivity index (χ0v) is 9.67. The molecular formula is C13H19FN2. The zero-order valence-electron chi connectivity index (χ0n) is 9.67. The summed E-state index contributed by atoms with van der Waals surface area (Å²) in [7, 11) is 0. The number of anilines is 1. The number of hydrogen-bond acceptors (Lipinski definition) is 2. The van der Waals surface area contributed by atoms with Gasteiger partial charge in [0.25, 0.3) is 0 Å². The molecule has 0 heterocycles. The average molecular weight is 222 g/mol. The van der Waals surface area contributed by atoms with Crippen LogP contribution >= 0.6 is 0 Å². The maximum absolute atomic E-state index is 12.7. The lowest BCUT2D eigenvalue weighted by Gasteiger charge is -2.16. The van der Waals surface area contributed by atoms with E-state index >= 15 is 0 Å². The summed E-state index contributed by atoms with van der Waals surface area (Å²) < 4.78 is 12.7. The normalized spacial score (nSPS) is 12.2. The van der Waals surface area contributed by atoms with Crippen LogP contribution in [0.1, 0.15) is 19.8 Å². The molecule has 0 aliphatic carbocycles. The molecule has 0 saturated heterocycles. The van der Waals surface area contributed by atoms with Gasteiger partial charge in [0.15, 0.2) is 0 Å². The molecule has 1 rings (SSSR count).